The van der Waals surface area contributed by atoms with Gasteiger partial charge in [-0.25, -0.2) is 0 Å². The number of rotatable bonds is 14. The van der Waals surface area contributed by atoms with E-state index in [0.717, 1.165) is 51.7 Å². The van der Waals surface area contributed by atoms with E-state index in [1.807, 2.05) is 0 Å². The maximum atomic E-state index is 5.70. The van der Waals surface area contributed by atoms with E-state index < -0.39 is 0 Å². The lowest BCUT2D eigenvalue weighted by molar-refractivity contribution is 0.0536. The Hall–Kier alpha value is -0.850. The Bertz CT molecular complexity index is 360. The average molecular weight is 371 g/mol. The Kier molecular flexibility index (Phi) is 13.6. The van der Waals surface area contributed by atoms with Crippen molar-refractivity contribution in [2.24, 2.45) is 10.9 Å². The van der Waals surface area contributed by atoms with E-state index in [2.05, 4.69) is 35.9 Å². The van der Waals surface area contributed by atoms with Crippen LogP contribution in [-0.2, 0) is 9.47 Å². The molecule has 1 saturated heterocycles. The molecular formula is C20H42N4O2. The van der Waals surface area contributed by atoms with E-state index >= 15 is 0 Å². The van der Waals surface area contributed by atoms with Gasteiger partial charge in [0.2, 0.25) is 0 Å². The monoisotopic (exact) mass is 370 g/mol. The van der Waals surface area contributed by atoms with Crippen LogP contribution in [0.15, 0.2) is 4.99 Å². The lowest BCUT2D eigenvalue weighted by Crippen LogP contribution is -2.40. The van der Waals surface area contributed by atoms with Crippen molar-refractivity contribution in [3.8, 4) is 0 Å². The van der Waals surface area contributed by atoms with E-state index in [0.29, 0.717) is 19.1 Å². The Balaban J connectivity index is 2.36. The summed E-state index contributed by atoms with van der Waals surface area (Å²) in [6, 6.07) is 0. The highest BCUT2D eigenvalue weighted by molar-refractivity contribution is 5.80. The zero-order chi connectivity index (χ0) is 19.0. The van der Waals surface area contributed by atoms with Crippen LogP contribution in [-0.4, -0.2) is 88.5 Å². The number of methoxy groups -OCH3 is 1. The van der Waals surface area contributed by atoms with Crippen molar-refractivity contribution >= 4 is 5.96 Å². The van der Waals surface area contributed by atoms with Crippen LogP contribution in [0.25, 0.3) is 0 Å². The second-order valence-electron chi connectivity index (χ2n) is 7.10. The quantitative estimate of drug-likeness (QED) is 0.289. The van der Waals surface area contributed by atoms with Crippen molar-refractivity contribution in [1.82, 2.24) is 15.1 Å². The number of hydrogen-bond acceptors (Lipinski definition) is 4. The number of hydrogen-bond donors (Lipinski definition) is 1. The molecule has 0 amide bonds. The van der Waals surface area contributed by atoms with Crippen LogP contribution in [0.5, 0.6) is 0 Å². The van der Waals surface area contributed by atoms with Crippen LogP contribution in [0.2, 0.25) is 0 Å². The minimum atomic E-state index is 0.598. The highest BCUT2D eigenvalue weighted by Gasteiger charge is 2.24. The summed E-state index contributed by atoms with van der Waals surface area (Å²) in [5.74, 6) is 1.67. The van der Waals surface area contributed by atoms with Crippen molar-refractivity contribution in [3.05, 3.63) is 0 Å². The number of nitrogens with zero attached hydrogens (tertiary/aromatic N) is 3. The average Bonchev–Trinajstić information content (AvgIpc) is 3.10. The molecule has 154 valence electrons. The van der Waals surface area contributed by atoms with Gasteiger partial charge in [-0.2, -0.15) is 0 Å². The largest absolute Gasteiger partial charge is 0.382 e. The molecule has 1 atom stereocenters. The maximum absolute atomic E-state index is 5.70. The van der Waals surface area contributed by atoms with E-state index in [1.165, 1.54) is 32.4 Å². The summed E-state index contributed by atoms with van der Waals surface area (Å²) in [6.45, 7) is 16.3. The third kappa shape index (κ3) is 9.74. The van der Waals surface area contributed by atoms with E-state index in [9.17, 15) is 0 Å². The molecule has 0 spiro atoms. The predicted octanol–water partition coefficient (Wildman–Crippen LogP) is 2.45. The molecule has 1 aliphatic rings. The van der Waals surface area contributed by atoms with Crippen molar-refractivity contribution in [3.63, 3.8) is 0 Å². The Morgan fingerprint density at radius 1 is 1.15 bits per heavy atom. The molecule has 0 bridgehead atoms. The van der Waals surface area contributed by atoms with Crippen LogP contribution >= 0.6 is 0 Å². The summed E-state index contributed by atoms with van der Waals surface area (Å²) >= 11 is 0. The van der Waals surface area contributed by atoms with Gasteiger partial charge in [0.1, 0.15) is 0 Å². The number of ether oxygens (including phenoxy) is 2. The first-order valence-corrected chi connectivity index (χ1v) is 10.6. The number of aliphatic imine (C=N–C) groups is 1. The van der Waals surface area contributed by atoms with Crippen LogP contribution in [0, 0.1) is 5.92 Å². The first kappa shape index (κ1) is 23.2. The molecule has 0 aromatic rings. The third-order valence-corrected chi connectivity index (χ3v) is 4.68. The molecule has 6 nitrogen and oxygen atoms in total. The summed E-state index contributed by atoms with van der Waals surface area (Å²) in [4.78, 5) is 9.83. The van der Waals surface area contributed by atoms with Crippen LogP contribution < -0.4 is 5.32 Å². The second kappa shape index (κ2) is 15.2. The fourth-order valence-corrected chi connectivity index (χ4v) is 3.43. The van der Waals surface area contributed by atoms with Gasteiger partial charge < -0.3 is 24.6 Å². The first-order chi connectivity index (χ1) is 12.7. The third-order valence-electron chi connectivity index (χ3n) is 4.68. The molecule has 1 unspecified atom stereocenters. The molecule has 1 fully saturated rings. The summed E-state index contributed by atoms with van der Waals surface area (Å²) in [6.07, 6.45) is 4.77. The van der Waals surface area contributed by atoms with Gasteiger partial charge in [-0.05, 0) is 52.2 Å². The molecule has 26 heavy (non-hydrogen) atoms. The summed E-state index contributed by atoms with van der Waals surface area (Å²) < 4.78 is 10.7. The van der Waals surface area contributed by atoms with Gasteiger partial charge in [-0.1, -0.05) is 13.8 Å². The van der Waals surface area contributed by atoms with Gasteiger partial charge in [-0.3, -0.25) is 4.99 Å². The molecule has 0 aromatic heterocycles. The molecule has 0 radical (unpaired) electrons. The molecule has 1 rings (SSSR count). The lowest BCUT2D eigenvalue weighted by atomic mass is 10.1. The standard InChI is InChI=1S/C20H42N4O2/c1-5-11-23(12-6-2)13-8-10-22-20(21-7-3)24-14-9-19(17-24)18-26-16-15-25-4/h19H,5-18H2,1-4H3,(H,21,22). The molecule has 0 aliphatic carbocycles. The highest BCUT2D eigenvalue weighted by atomic mass is 16.5. The fourth-order valence-electron chi connectivity index (χ4n) is 3.43. The first-order valence-electron chi connectivity index (χ1n) is 10.6. The van der Waals surface area contributed by atoms with Gasteiger partial charge in [0.25, 0.3) is 0 Å². The zero-order valence-corrected chi connectivity index (χ0v) is 17.6. The fraction of sp³-hybridized carbons (Fsp3) is 0.950. The minimum Gasteiger partial charge on any atom is -0.382 e. The van der Waals surface area contributed by atoms with Crippen LogP contribution in [0.3, 0.4) is 0 Å². The maximum Gasteiger partial charge on any atom is 0.193 e. The molecule has 1 aliphatic heterocycles. The Morgan fingerprint density at radius 3 is 2.58 bits per heavy atom. The summed E-state index contributed by atoms with van der Waals surface area (Å²) in [5.41, 5.74) is 0. The molecule has 0 aromatic carbocycles. The predicted molar refractivity (Wildman–Crippen MR) is 110 cm³/mol. The topological polar surface area (TPSA) is 49.3 Å². The van der Waals surface area contributed by atoms with E-state index in [1.54, 1.807) is 7.11 Å². The zero-order valence-electron chi connectivity index (χ0n) is 17.6. The van der Waals surface area contributed by atoms with Crippen molar-refractivity contribution in [2.45, 2.75) is 46.5 Å². The summed E-state index contributed by atoms with van der Waals surface area (Å²) in [7, 11) is 1.71. The smallest absolute Gasteiger partial charge is 0.193 e. The van der Waals surface area contributed by atoms with Crippen molar-refractivity contribution in [1.29, 1.82) is 0 Å². The molecular weight excluding hydrogens is 328 g/mol. The molecule has 0 saturated carbocycles. The second-order valence-corrected chi connectivity index (χ2v) is 7.10. The normalized spacial score (nSPS) is 18.1. The molecule has 1 N–H and O–H groups in total. The van der Waals surface area contributed by atoms with Gasteiger partial charge in [0.05, 0.1) is 19.8 Å². The lowest BCUT2D eigenvalue weighted by Gasteiger charge is -2.23. The van der Waals surface area contributed by atoms with Crippen molar-refractivity contribution in [2.75, 3.05) is 72.7 Å². The number of nitrogens with one attached hydrogen (secondary N) is 1. The molecule has 1 heterocycles. The van der Waals surface area contributed by atoms with Crippen LogP contribution in [0.4, 0.5) is 0 Å². The van der Waals surface area contributed by atoms with Crippen LogP contribution in [0.1, 0.15) is 46.5 Å². The van der Waals surface area contributed by atoms with Gasteiger partial charge in [0.15, 0.2) is 5.96 Å². The van der Waals surface area contributed by atoms with E-state index in [-0.39, 0.29) is 0 Å². The molecule has 6 heteroatoms. The highest BCUT2D eigenvalue weighted by Crippen LogP contribution is 2.16. The van der Waals surface area contributed by atoms with Crippen molar-refractivity contribution < 1.29 is 9.47 Å². The van der Waals surface area contributed by atoms with Gasteiger partial charge in [-0.15, -0.1) is 0 Å². The minimum absolute atomic E-state index is 0.598. The Morgan fingerprint density at radius 2 is 1.92 bits per heavy atom. The van der Waals surface area contributed by atoms with Gasteiger partial charge >= 0.3 is 0 Å². The number of guanidine groups is 1. The van der Waals surface area contributed by atoms with Gasteiger partial charge in [0, 0.05) is 39.2 Å². The van der Waals surface area contributed by atoms with E-state index in [4.69, 9.17) is 14.5 Å². The Labute approximate surface area is 161 Å². The summed E-state index contributed by atoms with van der Waals surface area (Å²) in [5, 5.41) is 3.46. The number of likely N-dealkylation sites (tertiary alicyclic amines) is 1. The SMILES string of the molecule is CCCN(CCC)CCCN=C(NCC)N1CCC(COCCOC)C1.